The number of carbonyl (C=O) groups excluding carboxylic acids is 4. The molecule has 378 valence electrons. The second-order valence-corrected chi connectivity index (χ2v) is 28.4. The number of fused-ring (bicyclic) bond motifs is 2. The van der Waals surface area contributed by atoms with Crippen LogP contribution in [0.4, 0.5) is 0 Å². The van der Waals surface area contributed by atoms with Crippen molar-refractivity contribution in [2.24, 2.45) is 79.8 Å². The zero-order chi connectivity index (χ0) is 49.6. The highest BCUT2D eigenvalue weighted by atomic mass is 16.6. The highest BCUT2D eigenvalue weighted by Crippen LogP contribution is 2.62. The number of rotatable bonds is 16. The summed E-state index contributed by atoms with van der Waals surface area (Å²) in [5, 5.41) is 24.8. The summed E-state index contributed by atoms with van der Waals surface area (Å²) in [5.41, 5.74) is -8.70. The second kappa shape index (κ2) is 17.6. The van der Waals surface area contributed by atoms with Crippen LogP contribution in [-0.2, 0) is 38.1 Å². The zero-order valence-corrected chi connectivity index (χ0v) is 44.7. The van der Waals surface area contributed by atoms with Crippen LogP contribution in [-0.4, -0.2) is 69.2 Å². The molecule has 0 aromatic heterocycles. The Morgan fingerprint density at radius 3 is 1.89 bits per heavy atom. The Morgan fingerprint density at radius 1 is 0.773 bits per heavy atom. The van der Waals surface area contributed by atoms with E-state index in [1.807, 2.05) is 34.6 Å². The van der Waals surface area contributed by atoms with Gasteiger partial charge in [0.2, 0.25) is 6.10 Å². The Kier molecular flexibility index (Phi) is 14.2. The molecule has 10 nitrogen and oxygen atoms in total. The maximum Gasteiger partial charge on any atom is 0.347 e. The van der Waals surface area contributed by atoms with Crippen molar-refractivity contribution in [3.05, 3.63) is 0 Å². The molecule has 0 aromatic carbocycles. The maximum atomic E-state index is 15.4. The maximum absolute atomic E-state index is 15.4. The third-order valence-electron chi connectivity index (χ3n) is 20.3. The van der Waals surface area contributed by atoms with Crippen LogP contribution in [0.25, 0.3) is 0 Å². The summed E-state index contributed by atoms with van der Waals surface area (Å²) in [6, 6.07) is 0. The lowest BCUT2D eigenvalue weighted by Gasteiger charge is -2.59. The van der Waals surface area contributed by atoms with Crippen molar-refractivity contribution >= 4 is 23.9 Å². The van der Waals surface area contributed by atoms with Gasteiger partial charge in [-0.25, -0.2) is 4.79 Å². The molecular weight excluding hydrogens is 833 g/mol. The molecule has 6 aliphatic carbocycles. The van der Waals surface area contributed by atoms with Crippen LogP contribution >= 0.6 is 0 Å². The van der Waals surface area contributed by atoms with Crippen LogP contribution in [0.15, 0.2) is 0 Å². The molecule has 6 saturated carbocycles. The molecule has 1 saturated heterocycles. The summed E-state index contributed by atoms with van der Waals surface area (Å²) in [7, 11) is 0. The second-order valence-electron chi connectivity index (χ2n) is 28.4. The fourth-order valence-corrected chi connectivity index (χ4v) is 15.0. The van der Waals surface area contributed by atoms with E-state index < -0.39 is 79.4 Å². The van der Waals surface area contributed by atoms with Gasteiger partial charge in [-0.3, -0.25) is 14.4 Å². The SMILES string of the molecule is CCC1CC2CC(C)C(C)(OC(=O)C(C)(CC(C)(C)C)C(C)(C)C(C)(O)CC(C(=O)OC3CCOC3=O)C(C)(C)C(C)(C)CC(C(=O)OC34CC5CC(CC(O)(C5)C3)C4)C(C)(C)C)C(C1)C2. The number of hydrogen-bond acceptors (Lipinski definition) is 10. The molecule has 7 aliphatic rings. The fourth-order valence-electron chi connectivity index (χ4n) is 15.0. The number of ether oxygens (including phenoxy) is 4. The van der Waals surface area contributed by atoms with Crippen LogP contribution in [0.1, 0.15) is 214 Å². The first-order chi connectivity index (χ1) is 29.9. The Morgan fingerprint density at radius 2 is 1.38 bits per heavy atom. The molecule has 12 atom stereocenters. The van der Waals surface area contributed by atoms with E-state index in [-0.39, 0.29) is 48.6 Å². The lowest BCUT2D eigenvalue weighted by atomic mass is 9.50. The van der Waals surface area contributed by atoms with Gasteiger partial charge in [0.15, 0.2) is 0 Å². The summed E-state index contributed by atoms with van der Waals surface area (Å²) in [6.45, 7) is 35.0. The molecule has 0 amide bonds. The highest BCUT2D eigenvalue weighted by Gasteiger charge is 2.64. The summed E-state index contributed by atoms with van der Waals surface area (Å²) >= 11 is 0. The van der Waals surface area contributed by atoms with Crippen molar-refractivity contribution in [1.29, 1.82) is 0 Å². The van der Waals surface area contributed by atoms with E-state index in [4.69, 9.17) is 18.9 Å². The van der Waals surface area contributed by atoms with Crippen LogP contribution in [0, 0.1) is 79.8 Å². The van der Waals surface area contributed by atoms with Gasteiger partial charge >= 0.3 is 23.9 Å². The van der Waals surface area contributed by atoms with E-state index in [0.717, 1.165) is 57.8 Å². The van der Waals surface area contributed by atoms with Gasteiger partial charge in [0.25, 0.3) is 0 Å². The Labute approximate surface area is 399 Å². The van der Waals surface area contributed by atoms with Crippen molar-refractivity contribution in [1.82, 2.24) is 0 Å². The quantitative estimate of drug-likeness (QED) is 0.113. The summed E-state index contributed by atoms with van der Waals surface area (Å²) in [4.78, 5) is 57.9. The van der Waals surface area contributed by atoms with Gasteiger partial charge in [-0.15, -0.1) is 0 Å². The fraction of sp³-hybridized carbons (Fsp3) is 0.929. The van der Waals surface area contributed by atoms with E-state index in [0.29, 0.717) is 42.9 Å². The number of aliphatic hydroxyl groups is 2. The topological polar surface area (TPSA) is 146 Å². The molecule has 7 fully saturated rings. The first kappa shape index (κ1) is 53.2. The van der Waals surface area contributed by atoms with E-state index in [1.165, 1.54) is 6.42 Å². The first-order valence-corrected chi connectivity index (χ1v) is 26.2. The van der Waals surface area contributed by atoms with Gasteiger partial charge < -0.3 is 29.2 Å². The molecule has 1 aliphatic heterocycles. The average molecular weight is 927 g/mol. The molecule has 2 N–H and O–H groups in total. The first-order valence-electron chi connectivity index (χ1n) is 26.2. The predicted octanol–water partition coefficient (Wildman–Crippen LogP) is 11.6. The van der Waals surface area contributed by atoms with Gasteiger partial charge in [0.05, 0.1) is 35.1 Å². The monoisotopic (exact) mass is 927 g/mol. The van der Waals surface area contributed by atoms with E-state index in [1.54, 1.807) is 6.92 Å². The van der Waals surface area contributed by atoms with Crippen molar-refractivity contribution in [2.45, 2.75) is 243 Å². The largest absolute Gasteiger partial charge is 0.463 e. The van der Waals surface area contributed by atoms with Crippen LogP contribution in [0.3, 0.4) is 0 Å². The molecule has 0 spiro atoms. The minimum Gasteiger partial charge on any atom is -0.463 e. The van der Waals surface area contributed by atoms with Crippen molar-refractivity contribution < 1.29 is 48.3 Å². The molecule has 0 radical (unpaired) electrons. The van der Waals surface area contributed by atoms with Gasteiger partial charge in [-0.2, -0.15) is 0 Å². The summed E-state index contributed by atoms with van der Waals surface area (Å²) < 4.78 is 25.0. The minimum atomic E-state index is -1.66. The Balaban J connectivity index is 1.33. The van der Waals surface area contributed by atoms with Gasteiger partial charge in [-0.1, -0.05) is 103 Å². The van der Waals surface area contributed by atoms with Crippen LogP contribution in [0.5, 0.6) is 0 Å². The third-order valence-corrected chi connectivity index (χ3v) is 20.3. The van der Waals surface area contributed by atoms with E-state index in [9.17, 15) is 24.6 Å². The molecule has 66 heavy (non-hydrogen) atoms. The normalized spacial score (nSPS) is 36.4. The van der Waals surface area contributed by atoms with Crippen LogP contribution in [0.2, 0.25) is 0 Å². The van der Waals surface area contributed by atoms with Gasteiger partial charge in [-0.05, 0) is 155 Å². The standard InChI is InChI=1S/C56H94O10/c1-18-35-22-36-21-34(2)54(17,39(24-35)25-36)66-46(60)52(15,32-47(3,4)5)51(13,14)53(16,61)31-41(43(57)64-42-19-20-63-45(42)59)50(11,12)49(9,10)30-40(48(6,7)8)44(58)65-56-28-37-23-38(29-56)27-55(62,26-37)33-56/h34-42,61-62H,18-33H2,1-17H3. The highest BCUT2D eigenvalue weighted by molar-refractivity contribution is 5.82. The Bertz CT molecular complexity index is 1810. The smallest absolute Gasteiger partial charge is 0.347 e. The summed E-state index contributed by atoms with van der Waals surface area (Å²) in [5.74, 6) is -0.937. The lowest BCUT2D eigenvalue weighted by Crippen LogP contribution is -2.61. The number of hydrogen-bond donors (Lipinski definition) is 2. The number of esters is 4. The lowest BCUT2D eigenvalue weighted by molar-refractivity contribution is -0.225. The van der Waals surface area contributed by atoms with Gasteiger partial charge in [0.1, 0.15) is 11.2 Å². The molecule has 7 rings (SSSR count). The Hall–Kier alpha value is -2.20. The average Bonchev–Trinajstić information content (AvgIpc) is 3.55. The van der Waals surface area contributed by atoms with E-state index >= 15 is 4.79 Å². The predicted molar refractivity (Wildman–Crippen MR) is 257 cm³/mol. The van der Waals surface area contributed by atoms with Crippen molar-refractivity contribution in [3.63, 3.8) is 0 Å². The molecule has 0 aromatic rings. The van der Waals surface area contributed by atoms with Crippen molar-refractivity contribution in [2.75, 3.05) is 6.61 Å². The number of carbonyl (C=O) groups is 4. The van der Waals surface area contributed by atoms with Crippen molar-refractivity contribution in [3.8, 4) is 0 Å². The third kappa shape index (κ3) is 10.0. The van der Waals surface area contributed by atoms with Gasteiger partial charge in [0, 0.05) is 18.3 Å². The molecule has 1 heterocycles. The molecular formula is C56H94O10. The minimum absolute atomic E-state index is 0.0880. The number of cyclic esters (lactones) is 1. The zero-order valence-electron chi connectivity index (χ0n) is 44.7. The van der Waals surface area contributed by atoms with Crippen LogP contribution < -0.4 is 0 Å². The molecule has 6 bridgehead atoms. The molecule has 12 unspecified atom stereocenters. The van der Waals surface area contributed by atoms with E-state index in [2.05, 4.69) is 76.2 Å². The molecule has 10 heteroatoms. The summed E-state index contributed by atoms with van der Waals surface area (Å²) in [6.07, 6.45) is 10.0.